The van der Waals surface area contributed by atoms with Crippen LogP contribution in [-0.2, 0) is 12.8 Å². The summed E-state index contributed by atoms with van der Waals surface area (Å²) in [5, 5.41) is 0. The number of anilines is 2. The molecule has 1 fully saturated rings. The summed E-state index contributed by atoms with van der Waals surface area (Å²) in [5.74, 6) is 0. The van der Waals surface area contributed by atoms with Gasteiger partial charge in [0.15, 0.2) is 0 Å². The molecule has 1 aliphatic heterocycles. The summed E-state index contributed by atoms with van der Waals surface area (Å²) in [7, 11) is 0. The highest BCUT2D eigenvalue weighted by atomic mass is 15.3. The van der Waals surface area contributed by atoms with Gasteiger partial charge in [-0.15, -0.1) is 0 Å². The highest BCUT2D eigenvalue weighted by molar-refractivity contribution is 5.70. The number of nitrogen functional groups attached to an aromatic ring is 1. The lowest BCUT2D eigenvalue weighted by Crippen LogP contribution is -2.46. The number of rotatable bonds is 6. The number of piperazine rings is 1. The van der Waals surface area contributed by atoms with E-state index in [1.807, 2.05) is 0 Å². The third-order valence-electron chi connectivity index (χ3n) is 6.03. The van der Waals surface area contributed by atoms with Gasteiger partial charge in [0.25, 0.3) is 0 Å². The van der Waals surface area contributed by atoms with Crippen LogP contribution in [0.25, 0.3) is 6.08 Å². The van der Waals surface area contributed by atoms with E-state index in [0.29, 0.717) is 0 Å². The van der Waals surface area contributed by atoms with Crippen LogP contribution in [0.5, 0.6) is 0 Å². The number of unbranched alkanes of at least 4 members (excludes halogenated alkanes) is 1. The molecule has 1 heterocycles. The zero-order chi connectivity index (χ0) is 19.3. The van der Waals surface area contributed by atoms with E-state index in [1.165, 1.54) is 47.3 Å². The Morgan fingerprint density at radius 3 is 2.46 bits per heavy atom. The van der Waals surface area contributed by atoms with Gasteiger partial charge < -0.3 is 10.6 Å². The number of allylic oxidation sites excluding steroid dienone is 2. The first kappa shape index (κ1) is 18.8. The van der Waals surface area contributed by atoms with Gasteiger partial charge in [-0.25, -0.2) is 0 Å². The molecule has 2 aliphatic rings. The highest BCUT2D eigenvalue weighted by Crippen LogP contribution is 2.30. The molecule has 0 aromatic heterocycles. The van der Waals surface area contributed by atoms with Gasteiger partial charge in [-0.3, -0.25) is 4.90 Å². The molecule has 1 saturated heterocycles. The van der Waals surface area contributed by atoms with E-state index in [0.717, 1.165) is 44.7 Å². The number of nitrogens with zero attached hydrogens (tertiary/aromatic N) is 2. The average molecular weight is 374 g/mol. The SMILES string of the molecule is C=C1C=Cc2c(ccc(N)c2CCCCN2CCN(c3ccccc3)CC2)C1. The van der Waals surface area contributed by atoms with E-state index in [4.69, 9.17) is 5.73 Å². The molecule has 28 heavy (non-hydrogen) atoms. The second-order valence-corrected chi connectivity index (χ2v) is 8.00. The van der Waals surface area contributed by atoms with Gasteiger partial charge in [0, 0.05) is 37.6 Å². The lowest BCUT2D eigenvalue weighted by atomic mass is 9.88. The topological polar surface area (TPSA) is 32.5 Å². The number of hydrogen-bond donors (Lipinski definition) is 1. The summed E-state index contributed by atoms with van der Waals surface area (Å²) in [4.78, 5) is 5.10. The Morgan fingerprint density at radius 2 is 1.68 bits per heavy atom. The molecule has 3 nitrogen and oxygen atoms in total. The first-order valence-electron chi connectivity index (χ1n) is 10.5. The maximum atomic E-state index is 6.30. The molecule has 146 valence electrons. The number of para-hydroxylation sites is 1. The van der Waals surface area contributed by atoms with Gasteiger partial charge >= 0.3 is 0 Å². The van der Waals surface area contributed by atoms with Gasteiger partial charge in [-0.05, 0) is 67.1 Å². The fraction of sp³-hybridized carbons (Fsp3) is 0.360. The fourth-order valence-corrected chi connectivity index (χ4v) is 4.38. The fourth-order valence-electron chi connectivity index (χ4n) is 4.38. The monoisotopic (exact) mass is 373 g/mol. The summed E-state index contributed by atoms with van der Waals surface area (Å²) < 4.78 is 0. The Balaban J connectivity index is 1.25. The summed E-state index contributed by atoms with van der Waals surface area (Å²) in [6.07, 6.45) is 8.77. The Morgan fingerprint density at radius 1 is 0.893 bits per heavy atom. The summed E-state index contributed by atoms with van der Waals surface area (Å²) in [6, 6.07) is 15.0. The van der Waals surface area contributed by atoms with E-state index in [2.05, 4.69) is 71.0 Å². The molecule has 1 aliphatic carbocycles. The zero-order valence-corrected chi connectivity index (χ0v) is 16.7. The van der Waals surface area contributed by atoms with Crippen LogP contribution in [0, 0.1) is 0 Å². The quantitative estimate of drug-likeness (QED) is 0.596. The summed E-state index contributed by atoms with van der Waals surface area (Å²) >= 11 is 0. The maximum Gasteiger partial charge on any atom is 0.0367 e. The number of nitrogens with two attached hydrogens (primary N) is 1. The van der Waals surface area contributed by atoms with Crippen LogP contribution in [0.1, 0.15) is 29.5 Å². The molecule has 0 spiro atoms. The zero-order valence-electron chi connectivity index (χ0n) is 16.7. The molecule has 0 amide bonds. The molecule has 3 heteroatoms. The second kappa shape index (κ2) is 8.66. The van der Waals surface area contributed by atoms with Crippen LogP contribution in [0.2, 0.25) is 0 Å². The normalized spacial score (nSPS) is 17.0. The molecule has 0 atom stereocenters. The molecular formula is C25H31N3. The van der Waals surface area contributed by atoms with Crippen molar-refractivity contribution in [3.8, 4) is 0 Å². The van der Waals surface area contributed by atoms with E-state index in [9.17, 15) is 0 Å². The molecular weight excluding hydrogens is 342 g/mol. The average Bonchev–Trinajstić information content (AvgIpc) is 2.73. The number of fused-ring (bicyclic) bond motifs is 1. The minimum atomic E-state index is 0.937. The lowest BCUT2D eigenvalue weighted by Gasteiger charge is -2.36. The van der Waals surface area contributed by atoms with Gasteiger partial charge in [0.2, 0.25) is 0 Å². The maximum absolute atomic E-state index is 6.30. The van der Waals surface area contributed by atoms with Crippen molar-refractivity contribution >= 4 is 17.5 Å². The second-order valence-electron chi connectivity index (χ2n) is 8.00. The standard InChI is InChI=1S/C25H31N3/c1-20-10-12-23-21(19-20)11-13-25(26)24(23)9-5-6-14-27-15-17-28(18-16-27)22-7-3-2-4-8-22/h2-4,7-8,10-13H,1,5-6,9,14-19,26H2. The first-order valence-corrected chi connectivity index (χ1v) is 10.5. The van der Waals surface area contributed by atoms with Gasteiger partial charge in [0.1, 0.15) is 0 Å². The highest BCUT2D eigenvalue weighted by Gasteiger charge is 2.17. The molecule has 0 bridgehead atoms. The van der Waals surface area contributed by atoms with E-state index in [1.54, 1.807) is 0 Å². The van der Waals surface area contributed by atoms with E-state index in [-0.39, 0.29) is 0 Å². The van der Waals surface area contributed by atoms with Crippen molar-refractivity contribution in [2.45, 2.75) is 25.7 Å². The Bertz CT molecular complexity index is 846. The molecule has 2 aromatic rings. The Kier molecular flexibility index (Phi) is 5.82. The third-order valence-corrected chi connectivity index (χ3v) is 6.03. The molecule has 4 rings (SSSR count). The van der Waals surface area contributed by atoms with Crippen molar-refractivity contribution in [3.05, 3.63) is 77.4 Å². The van der Waals surface area contributed by atoms with Crippen molar-refractivity contribution in [1.82, 2.24) is 4.90 Å². The molecule has 0 unspecified atom stereocenters. The van der Waals surface area contributed by atoms with Crippen molar-refractivity contribution in [3.63, 3.8) is 0 Å². The first-order chi connectivity index (χ1) is 13.7. The summed E-state index contributed by atoms with van der Waals surface area (Å²) in [6.45, 7) is 9.83. The van der Waals surface area contributed by atoms with Crippen molar-refractivity contribution in [2.24, 2.45) is 0 Å². The minimum Gasteiger partial charge on any atom is -0.398 e. The Hall–Kier alpha value is -2.52. The van der Waals surface area contributed by atoms with E-state index < -0.39 is 0 Å². The van der Waals surface area contributed by atoms with Crippen LogP contribution in [0.4, 0.5) is 11.4 Å². The van der Waals surface area contributed by atoms with Crippen LogP contribution < -0.4 is 10.6 Å². The van der Waals surface area contributed by atoms with Crippen molar-refractivity contribution in [1.29, 1.82) is 0 Å². The minimum absolute atomic E-state index is 0.937. The summed E-state index contributed by atoms with van der Waals surface area (Å²) in [5.41, 5.74) is 13.8. The van der Waals surface area contributed by atoms with Crippen LogP contribution in [0.3, 0.4) is 0 Å². The predicted octanol–water partition coefficient (Wildman–Crippen LogP) is 4.54. The van der Waals surface area contributed by atoms with Crippen molar-refractivity contribution < 1.29 is 0 Å². The van der Waals surface area contributed by atoms with Gasteiger partial charge in [0.05, 0.1) is 0 Å². The largest absolute Gasteiger partial charge is 0.398 e. The molecule has 2 aromatic carbocycles. The molecule has 0 saturated carbocycles. The van der Waals surface area contributed by atoms with Crippen LogP contribution in [0.15, 0.2) is 60.7 Å². The predicted molar refractivity (Wildman–Crippen MR) is 121 cm³/mol. The Labute approximate surface area is 169 Å². The van der Waals surface area contributed by atoms with Crippen LogP contribution in [-0.4, -0.2) is 37.6 Å². The number of benzene rings is 2. The third kappa shape index (κ3) is 4.31. The lowest BCUT2D eigenvalue weighted by molar-refractivity contribution is 0.253. The van der Waals surface area contributed by atoms with Gasteiger partial charge in [-0.2, -0.15) is 0 Å². The molecule has 2 N–H and O–H groups in total. The smallest absolute Gasteiger partial charge is 0.0367 e. The number of hydrogen-bond acceptors (Lipinski definition) is 3. The van der Waals surface area contributed by atoms with Gasteiger partial charge in [-0.1, -0.05) is 48.6 Å². The van der Waals surface area contributed by atoms with Crippen LogP contribution >= 0.6 is 0 Å². The molecule has 0 radical (unpaired) electrons. The van der Waals surface area contributed by atoms with Crippen molar-refractivity contribution in [2.75, 3.05) is 43.4 Å². The van der Waals surface area contributed by atoms with E-state index >= 15 is 0 Å².